The summed E-state index contributed by atoms with van der Waals surface area (Å²) in [6.45, 7) is 0. The molecule has 1 aliphatic carbocycles. The Balaban J connectivity index is 2.78. The van der Waals surface area contributed by atoms with E-state index in [1.54, 1.807) is 0 Å². The summed E-state index contributed by atoms with van der Waals surface area (Å²) < 4.78 is 0. The molecule has 0 heterocycles. The second-order valence-corrected chi connectivity index (χ2v) is 3.21. The number of hydrogen-bond donors (Lipinski definition) is 1. The van der Waals surface area contributed by atoms with Crippen molar-refractivity contribution in [1.82, 2.24) is 0 Å². The van der Waals surface area contributed by atoms with Crippen molar-refractivity contribution in [3.05, 3.63) is 10.9 Å². The van der Waals surface area contributed by atoms with Crippen LogP contribution in [0.1, 0.15) is 25.7 Å². The van der Waals surface area contributed by atoms with Gasteiger partial charge in [-0.1, -0.05) is 0 Å². The highest BCUT2D eigenvalue weighted by molar-refractivity contribution is 7.22. The van der Waals surface area contributed by atoms with Gasteiger partial charge in [0.05, 0.1) is 0 Å². The number of carbonyl (C=O) groups is 1. The summed E-state index contributed by atoms with van der Waals surface area (Å²) in [7, 11) is 2.51. The van der Waals surface area contributed by atoms with Gasteiger partial charge < -0.3 is 5.11 Å². The zero-order valence-corrected chi connectivity index (χ0v) is 6.92. The predicted molar refractivity (Wildman–Crippen MR) is 42.8 cm³/mol. The van der Waals surface area contributed by atoms with E-state index in [-0.39, 0.29) is 0 Å². The van der Waals surface area contributed by atoms with Crippen LogP contribution in [0.15, 0.2) is 10.9 Å². The molecule has 0 amide bonds. The summed E-state index contributed by atoms with van der Waals surface area (Å²) in [5, 5.41) is 9.62. The first-order chi connectivity index (χ1) is 4.72. The van der Waals surface area contributed by atoms with Crippen molar-refractivity contribution < 1.29 is 9.90 Å². The van der Waals surface area contributed by atoms with Crippen LogP contribution in [0, 0.1) is 0 Å². The Morgan fingerprint density at radius 3 is 2.40 bits per heavy atom. The Bertz CT molecular complexity index is 184. The van der Waals surface area contributed by atoms with Crippen molar-refractivity contribution in [2.24, 2.45) is 0 Å². The van der Waals surface area contributed by atoms with Crippen molar-refractivity contribution in [3.8, 4) is 0 Å². The van der Waals surface area contributed by atoms with E-state index in [0.29, 0.717) is 5.57 Å². The van der Waals surface area contributed by atoms with E-state index in [4.69, 9.17) is 5.11 Å². The van der Waals surface area contributed by atoms with Gasteiger partial charge in [0.1, 0.15) is 0 Å². The summed E-state index contributed by atoms with van der Waals surface area (Å²) in [6, 6.07) is 0. The molecule has 2 nitrogen and oxygen atoms in total. The smallest absolute Gasteiger partial charge is 0.331 e. The molecule has 0 fully saturated rings. The van der Waals surface area contributed by atoms with Gasteiger partial charge in [-0.15, -0.1) is 9.24 Å². The lowest BCUT2D eigenvalue weighted by molar-refractivity contribution is -0.132. The molecule has 0 saturated heterocycles. The molecule has 0 spiro atoms. The van der Waals surface area contributed by atoms with Gasteiger partial charge in [-0.25, -0.2) is 4.79 Å². The highest BCUT2D eigenvalue weighted by atomic mass is 31.0. The lowest BCUT2D eigenvalue weighted by atomic mass is 9.99. The van der Waals surface area contributed by atoms with E-state index in [0.717, 1.165) is 31.0 Å². The minimum absolute atomic E-state index is 0.608. The van der Waals surface area contributed by atoms with Gasteiger partial charge in [-0.2, -0.15) is 0 Å². The van der Waals surface area contributed by atoms with E-state index in [2.05, 4.69) is 9.24 Å². The molecular weight excluding hydrogens is 147 g/mol. The summed E-state index contributed by atoms with van der Waals surface area (Å²) in [4.78, 5) is 10.5. The van der Waals surface area contributed by atoms with Crippen LogP contribution in [0.5, 0.6) is 0 Å². The molecule has 10 heavy (non-hydrogen) atoms. The molecule has 0 radical (unpaired) electrons. The SMILES string of the molecule is O=C(O)C1=C(P)CCCC1. The minimum Gasteiger partial charge on any atom is -0.478 e. The van der Waals surface area contributed by atoms with E-state index in [1.165, 1.54) is 0 Å². The molecule has 0 aromatic carbocycles. The minimum atomic E-state index is -0.746. The molecule has 0 bridgehead atoms. The van der Waals surface area contributed by atoms with E-state index >= 15 is 0 Å². The van der Waals surface area contributed by atoms with Crippen LogP contribution in [-0.2, 0) is 4.79 Å². The average molecular weight is 158 g/mol. The number of hydrogen-bond acceptors (Lipinski definition) is 1. The number of allylic oxidation sites excluding steroid dienone is 1. The van der Waals surface area contributed by atoms with Crippen LogP contribution in [0.4, 0.5) is 0 Å². The summed E-state index contributed by atoms with van der Waals surface area (Å²) >= 11 is 0. The van der Waals surface area contributed by atoms with Gasteiger partial charge in [-0.05, 0) is 31.0 Å². The van der Waals surface area contributed by atoms with Crippen molar-refractivity contribution in [2.45, 2.75) is 25.7 Å². The van der Waals surface area contributed by atoms with Gasteiger partial charge in [0.15, 0.2) is 0 Å². The summed E-state index contributed by atoms with van der Waals surface area (Å²) in [5.74, 6) is -0.746. The molecule has 1 unspecified atom stereocenters. The maximum Gasteiger partial charge on any atom is 0.331 e. The number of rotatable bonds is 1. The fraction of sp³-hybridized carbons (Fsp3) is 0.571. The maximum atomic E-state index is 10.5. The first-order valence-corrected chi connectivity index (χ1v) is 4.00. The zero-order chi connectivity index (χ0) is 7.56. The van der Waals surface area contributed by atoms with Crippen LogP contribution in [-0.4, -0.2) is 11.1 Å². The van der Waals surface area contributed by atoms with E-state index < -0.39 is 5.97 Å². The molecule has 0 aromatic heterocycles. The molecule has 0 saturated carbocycles. The molecule has 1 N–H and O–H groups in total. The van der Waals surface area contributed by atoms with Crippen LogP contribution >= 0.6 is 9.24 Å². The summed E-state index contributed by atoms with van der Waals surface area (Å²) in [6.07, 6.45) is 3.84. The lowest BCUT2D eigenvalue weighted by Crippen LogP contribution is -2.05. The van der Waals surface area contributed by atoms with E-state index in [9.17, 15) is 4.79 Å². The molecule has 0 aromatic rings. The molecule has 1 aliphatic rings. The third-order valence-corrected chi connectivity index (χ3v) is 2.41. The quantitative estimate of drug-likeness (QED) is 0.590. The molecule has 1 atom stereocenters. The maximum absolute atomic E-state index is 10.5. The zero-order valence-electron chi connectivity index (χ0n) is 5.76. The number of carboxylic acid groups (broad SMARTS) is 1. The highest BCUT2D eigenvalue weighted by Gasteiger charge is 2.14. The van der Waals surface area contributed by atoms with Crippen LogP contribution in [0.2, 0.25) is 0 Å². The Morgan fingerprint density at radius 2 is 2.00 bits per heavy atom. The molecule has 56 valence electrons. The van der Waals surface area contributed by atoms with Crippen LogP contribution in [0.3, 0.4) is 0 Å². The van der Waals surface area contributed by atoms with Crippen molar-refractivity contribution in [1.29, 1.82) is 0 Å². The van der Waals surface area contributed by atoms with Gasteiger partial charge in [-0.3, -0.25) is 0 Å². The topological polar surface area (TPSA) is 37.3 Å². The van der Waals surface area contributed by atoms with Crippen LogP contribution in [0.25, 0.3) is 0 Å². The fourth-order valence-electron chi connectivity index (χ4n) is 1.17. The Labute approximate surface area is 62.5 Å². The Hall–Kier alpha value is -0.360. The monoisotopic (exact) mass is 158 g/mol. The van der Waals surface area contributed by atoms with Gasteiger partial charge in [0.25, 0.3) is 0 Å². The molecule has 1 rings (SSSR count). The third kappa shape index (κ3) is 1.57. The highest BCUT2D eigenvalue weighted by Crippen LogP contribution is 2.28. The van der Waals surface area contributed by atoms with Crippen LogP contribution < -0.4 is 0 Å². The average Bonchev–Trinajstić information content (AvgIpc) is 1.88. The largest absolute Gasteiger partial charge is 0.478 e. The molecular formula is C7H11O2P. The molecule has 0 aliphatic heterocycles. The first-order valence-electron chi connectivity index (χ1n) is 3.42. The van der Waals surface area contributed by atoms with Gasteiger partial charge >= 0.3 is 5.97 Å². The van der Waals surface area contributed by atoms with Crippen molar-refractivity contribution >= 4 is 15.2 Å². The second-order valence-electron chi connectivity index (χ2n) is 2.52. The third-order valence-electron chi connectivity index (χ3n) is 1.77. The fourth-order valence-corrected chi connectivity index (χ4v) is 1.64. The summed E-state index contributed by atoms with van der Waals surface area (Å²) in [5.41, 5.74) is 0.608. The number of carboxylic acids is 1. The lowest BCUT2D eigenvalue weighted by Gasteiger charge is -2.12. The molecule has 3 heteroatoms. The first kappa shape index (κ1) is 7.74. The Kier molecular flexibility index (Phi) is 2.44. The van der Waals surface area contributed by atoms with Gasteiger partial charge in [0, 0.05) is 5.57 Å². The number of aliphatic carboxylic acids is 1. The van der Waals surface area contributed by atoms with Gasteiger partial charge in [0.2, 0.25) is 0 Å². The standard InChI is InChI=1S/C7H11O2P/c8-7(9)5-3-1-2-4-6(5)10/h1-4,10H2,(H,8,9). The predicted octanol–water partition coefficient (Wildman–Crippen LogP) is 1.77. The normalized spacial score (nSPS) is 19.3. The van der Waals surface area contributed by atoms with E-state index in [1.807, 2.05) is 0 Å². The Morgan fingerprint density at radius 1 is 1.40 bits per heavy atom. The van der Waals surface area contributed by atoms with Crippen molar-refractivity contribution in [3.63, 3.8) is 0 Å². The van der Waals surface area contributed by atoms with Crippen molar-refractivity contribution in [2.75, 3.05) is 0 Å². The second kappa shape index (κ2) is 3.16.